The third-order valence-corrected chi connectivity index (χ3v) is 6.19. The van der Waals surface area contributed by atoms with Crippen LogP contribution in [-0.2, 0) is 16.4 Å². The van der Waals surface area contributed by atoms with E-state index >= 15 is 0 Å². The smallest absolute Gasteiger partial charge is 0.339 e. The molecule has 2 aromatic heterocycles. The summed E-state index contributed by atoms with van der Waals surface area (Å²) in [6, 6.07) is 6.28. The number of aromatic nitrogens is 1. The van der Waals surface area contributed by atoms with Gasteiger partial charge < -0.3 is 10.4 Å². The van der Waals surface area contributed by atoms with E-state index in [-0.39, 0.29) is 17.1 Å². The van der Waals surface area contributed by atoms with Gasteiger partial charge in [-0.1, -0.05) is 6.92 Å². The average Bonchev–Trinajstić information content (AvgIpc) is 2.95. The molecule has 2 heterocycles. The fourth-order valence-electron chi connectivity index (χ4n) is 1.65. The first-order valence-corrected chi connectivity index (χ1v) is 8.64. The quantitative estimate of drug-likeness (QED) is 0.845. The number of hydrogen-bond donors (Lipinski definition) is 2. The molecule has 0 aromatic carbocycles. The van der Waals surface area contributed by atoms with Gasteiger partial charge in [0, 0.05) is 11.1 Å². The molecule has 21 heavy (non-hydrogen) atoms. The first-order chi connectivity index (χ1) is 9.94. The lowest BCUT2D eigenvalue weighted by atomic mass is 10.2. The van der Waals surface area contributed by atoms with Crippen LogP contribution in [0, 0.1) is 0 Å². The minimum absolute atomic E-state index is 0.0593. The first-order valence-electron chi connectivity index (χ1n) is 6.17. The number of nitrogens with zero attached hydrogens (tertiary/aromatic N) is 1. The number of sulfone groups is 1. The molecule has 0 radical (unpaired) electrons. The maximum atomic E-state index is 11.7. The molecule has 8 heteroatoms. The summed E-state index contributed by atoms with van der Waals surface area (Å²) in [4.78, 5) is 15.8. The molecule has 0 saturated heterocycles. The molecule has 0 unspecified atom stereocenters. The number of anilines is 1. The van der Waals surface area contributed by atoms with Gasteiger partial charge in [-0.3, -0.25) is 0 Å². The van der Waals surface area contributed by atoms with Crippen LogP contribution in [0.4, 0.5) is 5.82 Å². The second-order valence-electron chi connectivity index (χ2n) is 4.18. The monoisotopic (exact) mass is 326 g/mol. The van der Waals surface area contributed by atoms with E-state index in [2.05, 4.69) is 10.3 Å². The Morgan fingerprint density at radius 3 is 2.81 bits per heavy atom. The van der Waals surface area contributed by atoms with Crippen LogP contribution in [0.5, 0.6) is 0 Å². The van der Waals surface area contributed by atoms with E-state index in [0.717, 1.165) is 4.88 Å². The number of carboxylic acid groups (broad SMARTS) is 1. The van der Waals surface area contributed by atoms with Crippen LogP contribution in [0.25, 0.3) is 0 Å². The van der Waals surface area contributed by atoms with Crippen LogP contribution < -0.4 is 5.32 Å². The van der Waals surface area contributed by atoms with Crippen LogP contribution >= 0.6 is 11.3 Å². The topological polar surface area (TPSA) is 96.4 Å². The van der Waals surface area contributed by atoms with E-state index in [1.807, 2.05) is 0 Å². The highest BCUT2D eigenvalue weighted by atomic mass is 32.2. The van der Waals surface area contributed by atoms with Gasteiger partial charge in [0.15, 0.2) is 9.84 Å². The largest absolute Gasteiger partial charge is 0.478 e. The summed E-state index contributed by atoms with van der Waals surface area (Å²) in [5.74, 6) is -0.742. The van der Waals surface area contributed by atoms with E-state index in [9.17, 15) is 13.2 Å². The maximum Gasteiger partial charge on any atom is 0.339 e. The molecule has 0 amide bonds. The number of rotatable bonds is 6. The van der Waals surface area contributed by atoms with Gasteiger partial charge in [-0.05, 0) is 24.3 Å². The van der Waals surface area contributed by atoms with Gasteiger partial charge in [0.25, 0.3) is 0 Å². The van der Waals surface area contributed by atoms with Gasteiger partial charge >= 0.3 is 5.97 Å². The Bertz CT molecular complexity index is 753. The Morgan fingerprint density at radius 1 is 1.38 bits per heavy atom. The van der Waals surface area contributed by atoms with Crippen molar-refractivity contribution in [1.82, 2.24) is 4.98 Å². The molecule has 0 aliphatic carbocycles. The summed E-state index contributed by atoms with van der Waals surface area (Å²) in [5, 5.41) is 12.0. The predicted octanol–water partition coefficient (Wildman–Crippen LogP) is 2.25. The third-order valence-electron chi connectivity index (χ3n) is 2.79. The third kappa shape index (κ3) is 3.59. The van der Waals surface area contributed by atoms with Crippen LogP contribution in [0.15, 0.2) is 34.7 Å². The van der Waals surface area contributed by atoms with E-state index in [4.69, 9.17) is 5.11 Å². The van der Waals surface area contributed by atoms with Crippen LogP contribution in [0.2, 0.25) is 0 Å². The van der Waals surface area contributed by atoms with E-state index in [1.165, 1.54) is 23.6 Å². The Morgan fingerprint density at radius 2 is 2.14 bits per heavy atom. The Labute approximate surface area is 126 Å². The Kier molecular flexibility index (Phi) is 4.59. The lowest BCUT2D eigenvalue weighted by Crippen LogP contribution is -2.07. The van der Waals surface area contributed by atoms with E-state index in [0.29, 0.717) is 10.8 Å². The lowest BCUT2D eigenvalue weighted by Gasteiger charge is -2.06. The highest BCUT2D eigenvalue weighted by Crippen LogP contribution is 2.23. The fraction of sp³-hybridized carbons (Fsp3) is 0.231. The normalized spacial score (nSPS) is 11.3. The molecule has 0 spiro atoms. The summed E-state index contributed by atoms with van der Waals surface area (Å²) in [5.41, 5.74) is 0.0791. The number of pyridine rings is 1. The zero-order valence-corrected chi connectivity index (χ0v) is 12.9. The van der Waals surface area contributed by atoms with E-state index in [1.54, 1.807) is 25.1 Å². The lowest BCUT2D eigenvalue weighted by molar-refractivity contribution is 0.0697. The van der Waals surface area contributed by atoms with Crippen molar-refractivity contribution < 1.29 is 18.3 Å². The van der Waals surface area contributed by atoms with Crippen LogP contribution in [-0.4, -0.2) is 30.2 Å². The molecule has 2 N–H and O–H groups in total. The number of nitrogens with one attached hydrogen (secondary N) is 1. The summed E-state index contributed by atoms with van der Waals surface area (Å²) in [7, 11) is -3.20. The van der Waals surface area contributed by atoms with Crippen molar-refractivity contribution in [3.8, 4) is 0 Å². The standard InChI is InChI=1S/C13H14N2O4S2/c1-2-21(18,19)11-6-5-9(20-11)8-15-12-10(13(16)17)4-3-7-14-12/h3-7H,2,8H2,1H3,(H,14,15)(H,16,17). The van der Waals surface area contributed by atoms with Crippen molar-refractivity contribution in [3.63, 3.8) is 0 Å². The molecular formula is C13H14N2O4S2. The van der Waals surface area contributed by atoms with Crippen molar-refractivity contribution in [1.29, 1.82) is 0 Å². The SMILES string of the molecule is CCS(=O)(=O)c1ccc(CNc2ncccc2C(=O)O)s1. The Balaban J connectivity index is 2.13. The summed E-state index contributed by atoms with van der Waals surface area (Å²) < 4.78 is 23.8. The van der Waals surface area contributed by atoms with Crippen LogP contribution in [0.1, 0.15) is 22.2 Å². The predicted molar refractivity (Wildman–Crippen MR) is 80.6 cm³/mol. The maximum absolute atomic E-state index is 11.7. The van der Waals surface area contributed by atoms with Crippen molar-refractivity contribution in [2.24, 2.45) is 0 Å². The number of thiophene rings is 1. The average molecular weight is 326 g/mol. The van der Waals surface area contributed by atoms with Gasteiger partial charge in [0.1, 0.15) is 15.6 Å². The zero-order valence-electron chi connectivity index (χ0n) is 11.2. The van der Waals surface area contributed by atoms with Crippen molar-refractivity contribution in [3.05, 3.63) is 40.9 Å². The first kappa shape index (κ1) is 15.5. The zero-order chi connectivity index (χ0) is 15.5. The fourth-order valence-corrected chi connectivity index (χ4v) is 4.07. The van der Waals surface area contributed by atoms with Crippen molar-refractivity contribution >= 4 is 33.0 Å². The minimum atomic E-state index is -3.20. The van der Waals surface area contributed by atoms with Crippen LogP contribution in [0.3, 0.4) is 0 Å². The highest BCUT2D eigenvalue weighted by molar-refractivity contribution is 7.93. The highest BCUT2D eigenvalue weighted by Gasteiger charge is 2.15. The van der Waals surface area contributed by atoms with Gasteiger partial charge in [0.2, 0.25) is 0 Å². The summed E-state index contributed by atoms with van der Waals surface area (Å²) in [6.45, 7) is 1.92. The molecule has 2 aromatic rings. The second-order valence-corrected chi connectivity index (χ2v) is 7.86. The molecule has 0 aliphatic rings. The minimum Gasteiger partial charge on any atom is -0.478 e. The van der Waals surface area contributed by atoms with Gasteiger partial charge in [0.05, 0.1) is 12.3 Å². The molecule has 2 rings (SSSR count). The molecule has 0 saturated carbocycles. The number of hydrogen-bond acceptors (Lipinski definition) is 6. The van der Waals surface area contributed by atoms with Gasteiger partial charge in [-0.2, -0.15) is 0 Å². The molecular weight excluding hydrogens is 312 g/mol. The molecule has 0 fully saturated rings. The van der Waals surface area contributed by atoms with Gasteiger partial charge in [-0.25, -0.2) is 18.2 Å². The number of carboxylic acids is 1. The summed E-state index contributed by atoms with van der Waals surface area (Å²) in [6.07, 6.45) is 1.50. The molecule has 0 bridgehead atoms. The molecule has 0 aliphatic heterocycles. The van der Waals surface area contributed by atoms with Crippen molar-refractivity contribution in [2.75, 3.05) is 11.1 Å². The van der Waals surface area contributed by atoms with E-state index < -0.39 is 15.8 Å². The molecule has 112 valence electrons. The van der Waals surface area contributed by atoms with Crippen molar-refractivity contribution in [2.45, 2.75) is 17.7 Å². The molecule has 0 atom stereocenters. The number of aromatic carboxylic acids is 1. The second kappa shape index (κ2) is 6.23. The number of carbonyl (C=O) groups is 1. The summed E-state index contributed by atoms with van der Waals surface area (Å²) >= 11 is 1.17. The van der Waals surface area contributed by atoms with Gasteiger partial charge in [-0.15, -0.1) is 11.3 Å². The molecule has 6 nitrogen and oxygen atoms in total. The Hall–Kier alpha value is -1.93.